The molecule has 0 spiro atoms. The van der Waals surface area contributed by atoms with Gasteiger partial charge in [-0.2, -0.15) is 0 Å². The van der Waals surface area contributed by atoms with Crippen LogP contribution in [0, 0.1) is 0 Å². The first kappa shape index (κ1) is 19.9. The van der Waals surface area contributed by atoms with Gasteiger partial charge < -0.3 is 15.0 Å². The molecular formula is C22H25FN2O3. The Morgan fingerprint density at radius 1 is 1.00 bits per heavy atom. The topological polar surface area (TPSA) is 58.6 Å². The van der Waals surface area contributed by atoms with E-state index in [4.69, 9.17) is 4.74 Å². The molecule has 2 amide bonds. The molecule has 0 aromatic heterocycles. The lowest BCUT2D eigenvalue weighted by Gasteiger charge is -2.24. The molecule has 0 aliphatic carbocycles. The van der Waals surface area contributed by atoms with Crippen LogP contribution >= 0.6 is 0 Å². The van der Waals surface area contributed by atoms with Crippen LogP contribution in [-0.2, 0) is 4.74 Å². The van der Waals surface area contributed by atoms with E-state index in [0.29, 0.717) is 5.56 Å². The van der Waals surface area contributed by atoms with Crippen molar-refractivity contribution in [1.82, 2.24) is 10.2 Å². The molecule has 0 unspecified atom stereocenters. The first-order valence-corrected chi connectivity index (χ1v) is 9.31. The van der Waals surface area contributed by atoms with Gasteiger partial charge in [0, 0.05) is 12.1 Å². The number of carbonyl (C=O) groups is 2. The van der Waals surface area contributed by atoms with E-state index in [9.17, 15) is 14.0 Å². The summed E-state index contributed by atoms with van der Waals surface area (Å²) in [6.45, 7) is 5.27. The van der Waals surface area contributed by atoms with Crippen molar-refractivity contribution < 1.29 is 18.7 Å². The maximum atomic E-state index is 14.3. The van der Waals surface area contributed by atoms with Crippen LogP contribution in [0.15, 0.2) is 54.6 Å². The molecule has 1 saturated heterocycles. The van der Waals surface area contributed by atoms with Gasteiger partial charge in [-0.3, -0.25) is 4.79 Å². The molecule has 28 heavy (non-hydrogen) atoms. The summed E-state index contributed by atoms with van der Waals surface area (Å²) in [5.41, 5.74) is 1.85. The van der Waals surface area contributed by atoms with Gasteiger partial charge in [0.05, 0.1) is 12.6 Å². The Bertz CT molecular complexity index is 831. The van der Waals surface area contributed by atoms with Gasteiger partial charge >= 0.3 is 6.09 Å². The number of nitrogens with zero attached hydrogens (tertiary/aromatic N) is 1. The lowest BCUT2D eigenvalue weighted by atomic mass is 10.0. The number of benzene rings is 2. The minimum absolute atomic E-state index is 0.0872. The average Bonchev–Trinajstić information content (AvgIpc) is 3.02. The number of rotatable bonds is 3. The number of carbonyl (C=O) groups excluding carboxylic acids is 2. The second kappa shape index (κ2) is 8.00. The van der Waals surface area contributed by atoms with E-state index < -0.39 is 23.9 Å². The number of halogens is 1. The summed E-state index contributed by atoms with van der Waals surface area (Å²) in [7, 11) is 0. The standard InChI is InChI=1S/C22H25FN2O3/c1-22(2,3)28-21(27)25-13-18(23)19(14-25)24-20(26)17-11-9-16(10-12-17)15-7-5-4-6-8-15/h4-12,18-19H,13-14H2,1-3H3,(H,24,26)/t18-,19-/m1/s1. The molecule has 0 bridgehead atoms. The Morgan fingerprint density at radius 3 is 2.21 bits per heavy atom. The normalized spacial score (nSPS) is 19.4. The number of likely N-dealkylation sites (tertiary alicyclic amines) is 1. The number of amides is 2. The molecule has 6 heteroatoms. The minimum Gasteiger partial charge on any atom is -0.444 e. The smallest absolute Gasteiger partial charge is 0.410 e. The highest BCUT2D eigenvalue weighted by atomic mass is 19.1. The monoisotopic (exact) mass is 384 g/mol. The maximum Gasteiger partial charge on any atom is 0.410 e. The first-order chi connectivity index (χ1) is 13.2. The molecule has 1 heterocycles. The Balaban J connectivity index is 1.61. The molecule has 0 saturated carbocycles. The fourth-order valence-corrected chi connectivity index (χ4v) is 3.07. The Morgan fingerprint density at radius 2 is 1.61 bits per heavy atom. The summed E-state index contributed by atoms with van der Waals surface area (Å²) in [4.78, 5) is 25.9. The highest BCUT2D eigenvalue weighted by Gasteiger charge is 2.38. The highest BCUT2D eigenvalue weighted by molar-refractivity contribution is 5.95. The fourth-order valence-electron chi connectivity index (χ4n) is 3.07. The van der Waals surface area contributed by atoms with Gasteiger partial charge in [-0.15, -0.1) is 0 Å². The molecule has 5 nitrogen and oxygen atoms in total. The molecular weight excluding hydrogens is 359 g/mol. The second-order valence-electron chi connectivity index (χ2n) is 7.92. The second-order valence-corrected chi connectivity index (χ2v) is 7.92. The van der Waals surface area contributed by atoms with Gasteiger partial charge in [0.15, 0.2) is 0 Å². The molecule has 2 aromatic carbocycles. The number of nitrogens with one attached hydrogen (secondary N) is 1. The van der Waals surface area contributed by atoms with Crippen molar-refractivity contribution in [2.45, 2.75) is 38.6 Å². The van der Waals surface area contributed by atoms with Gasteiger partial charge in [0.25, 0.3) is 5.91 Å². The van der Waals surface area contributed by atoms with Gasteiger partial charge in [0.2, 0.25) is 0 Å². The van der Waals surface area contributed by atoms with Crippen LogP contribution in [0.3, 0.4) is 0 Å². The van der Waals surface area contributed by atoms with Crippen molar-refractivity contribution in [2.24, 2.45) is 0 Å². The maximum absolute atomic E-state index is 14.3. The van der Waals surface area contributed by atoms with Crippen molar-refractivity contribution in [3.05, 3.63) is 60.2 Å². The van der Waals surface area contributed by atoms with Crippen LogP contribution in [0.2, 0.25) is 0 Å². The summed E-state index contributed by atoms with van der Waals surface area (Å²) in [6, 6.07) is 16.2. The third-order valence-corrected chi connectivity index (χ3v) is 4.47. The van der Waals surface area contributed by atoms with Gasteiger partial charge in [0.1, 0.15) is 11.8 Å². The van der Waals surface area contributed by atoms with Crippen LogP contribution in [0.25, 0.3) is 11.1 Å². The molecule has 2 aromatic rings. The van der Waals surface area contributed by atoms with Crippen LogP contribution in [0.5, 0.6) is 0 Å². The third-order valence-electron chi connectivity index (χ3n) is 4.47. The van der Waals surface area contributed by atoms with E-state index in [0.717, 1.165) is 11.1 Å². The summed E-state index contributed by atoms with van der Waals surface area (Å²) in [5, 5.41) is 2.69. The van der Waals surface area contributed by atoms with Gasteiger partial charge in [-0.1, -0.05) is 42.5 Å². The zero-order chi connectivity index (χ0) is 20.3. The van der Waals surface area contributed by atoms with Crippen LogP contribution in [0.1, 0.15) is 31.1 Å². The van der Waals surface area contributed by atoms with Gasteiger partial charge in [-0.25, -0.2) is 9.18 Å². The van der Waals surface area contributed by atoms with Crippen molar-refractivity contribution >= 4 is 12.0 Å². The van der Waals surface area contributed by atoms with Crippen LogP contribution in [0.4, 0.5) is 9.18 Å². The first-order valence-electron chi connectivity index (χ1n) is 9.31. The summed E-state index contributed by atoms with van der Waals surface area (Å²) in [5.74, 6) is -0.363. The van der Waals surface area contributed by atoms with Crippen molar-refractivity contribution in [3.63, 3.8) is 0 Å². The summed E-state index contributed by atoms with van der Waals surface area (Å²) in [6.07, 6.45) is -1.90. The SMILES string of the molecule is CC(C)(C)OC(=O)N1C[C@@H](F)[C@H](NC(=O)c2ccc(-c3ccccc3)cc2)C1. The molecule has 2 atom stereocenters. The van der Waals surface area contributed by atoms with Crippen molar-refractivity contribution in [1.29, 1.82) is 0 Å². The van der Waals surface area contributed by atoms with Crippen LogP contribution in [-0.4, -0.2) is 47.8 Å². The van der Waals surface area contributed by atoms with E-state index in [1.54, 1.807) is 32.9 Å². The minimum atomic E-state index is -1.33. The molecule has 0 radical (unpaired) electrons. The Hall–Kier alpha value is -2.89. The quantitative estimate of drug-likeness (QED) is 0.869. The van der Waals surface area contributed by atoms with Crippen molar-refractivity contribution in [3.8, 4) is 11.1 Å². The Kier molecular flexibility index (Phi) is 5.68. The molecule has 1 N–H and O–H groups in total. The van der Waals surface area contributed by atoms with E-state index >= 15 is 0 Å². The lowest BCUT2D eigenvalue weighted by Crippen LogP contribution is -2.42. The molecule has 1 fully saturated rings. The molecule has 3 rings (SSSR count). The molecule has 148 valence electrons. The van der Waals surface area contributed by atoms with Gasteiger partial charge in [-0.05, 0) is 44.0 Å². The largest absolute Gasteiger partial charge is 0.444 e. The van der Waals surface area contributed by atoms with Crippen molar-refractivity contribution in [2.75, 3.05) is 13.1 Å². The zero-order valence-corrected chi connectivity index (χ0v) is 16.3. The number of hydrogen-bond donors (Lipinski definition) is 1. The number of alkyl halides is 1. The third kappa shape index (κ3) is 4.88. The Labute approximate surface area is 164 Å². The van der Waals surface area contributed by atoms with Crippen LogP contribution < -0.4 is 5.32 Å². The zero-order valence-electron chi connectivity index (χ0n) is 16.3. The number of hydrogen-bond acceptors (Lipinski definition) is 3. The van der Waals surface area contributed by atoms with E-state index in [2.05, 4.69) is 5.32 Å². The number of ether oxygens (including phenoxy) is 1. The summed E-state index contributed by atoms with van der Waals surface area (Å²) < 4.78 is 19.6. The lowest BCUT2D eigenvalue weighted by molar-refractivity contribution is 0.0281. The van der Waals surface area contributed by atoms with E-state index in [1.165, 1.54) is 4.90 Å². The summed E-state index contributed by atoms with van der Waals surface area (Å²) >= 11 is 0. The van der Waals surface area contributed by atoms with E-state index in [-0.39, 0.29) is 19.0 Å². The van der Waals surface area contributed by atoms with E-state index in [1.807, 2.05) is 42.5 Å². The molecule has 1 aliphatic heterocycles. The average molecular weight is 384 g/mol. The molecule has 1 aliphatic rings. The predicted octanol–water partition coefficient (Wildman–Crippen LogP) is 4.04. The highest BCUT2D eigenvalue weighted by Crippen LogP contribution is 2.21. The fraction of sp³-hybridized carbons (Fsp3) is 0.364. The predicted molar refractivity (Wildman–Crippen MR) is 106 cm³/mol.